The molecule has 4 N–H and O–H groups in total. The number of amides is 2. The molecule has 0 fully saturated rings. The molecule has 7 nitrogen and oxygen atoms in total. The normalized spacial score (nSPS) is 10.4. The number of aromatic nitrogens is 1. The summed E-state index contributed by atoms with van der Waals surface area (Å²) in [5.74, 6) is 0.804. The topological polar surface area (TPSA) is 106 Å². The molecule has 1 aromatic heterocycles. The Balaban J connectivity index is 1.99. The highest BCUT2D eigenvalue weighted by atomic mass is 16.5. The Hall–Kier alpha value is -2.93. The molecule has 0 bridgehead atoms. The number of nitrogens with one attached hydrogen (secondary N) is 2. The van der Waals surface area contributed by atoms with Gasteiger partial charge in [-0.25, -0.2) is 0 Å². The van der Waals surface area contributed by atoms with Gasteiger partial charge >= 0.3 is 0 Å². The Morgan fingerprint density at radius 1 is 1.11 bits per heavy atom. The minimum Gasteiger partial charge on any atom is -0.457 e. The van der Waals surface area contributed by atoms with E-state index in [1.54, 1.807) is 25.2 Å². The molecule has 0 saturated heterocycles. The first-order valence-corrected chi connectivity index (χ1v) is 9.50. The van der Waals surface area contributed by atoms with Crippen molar-refractivity contribution in [3.63, 3.8) is 0 Å². The fraction of sp³-hybridized carbons (Fsp3) is 0.381. The number of hydrogen-bond acceptors (Lipinski definition) is 5. The molecule has 0 radical (unpaired) electrons. The second-order valence-electron chi connectivity index (χ2n) is 6.54. The van der Waals surface area contributed by atoms with E-state index in [0.29, 0.717) is 30.2 Å². The van der Waals surface area contributed by atoms with Gasteiger partial charge in [0, 0.05) is 37.5 Å². The number of benzene rings is 1. The molecule has 28 heavy (non-hydrogen) atoms. The van der Waals surface area contributed by atoms with Gasteiger partial charge in [-0.05, 0) is 44.0 Å². The second-order valence-corrected chi connectivity index (χ2v) is 6.54. The Kier molecular flexibility index (Phi) is 8.42. The Morgan fingerprint density at radius 3 is 2.64 bits per heavy atom. The highest BCUT2D eigenvalue weighted by Gasteiger charge is 2.09. The second kappa shape index (κ2) is 11.0. The number of hydrogen-bond donors (Lipinski definition) is 3. The van der Waals surface area contributed by atoms with Crippen LogP contribution in [0.2, 0.25) is 0 Å². The number of anilines is 1. The zero-order valence-electron chi connectivity index (χ0n) is 16.5. The Labute approximate surface area is 165 Å². The van der Waals surface area contributed by atoms with Crippen LogP contribution in [0.25, 0.3) is 0 Å². The van der Waals surface area contributed by atoms with Gasteiger partial charge in [0.2, 0.25) is 5.91 Å². The van der Waals surface area contributed by atoms with Crippen molar-refractivity contribution < 1.29 is 14.3 Å². The lowest BCUT2D eigenvalue weighted by Gasteiger charge is -2.12. The van der Waals surface area contributed by atoms with Gasteiger partial charge in [-0.1, -0.05) is 18.9 Å². The van der Waals surface area contributed by atoms with E-state index in [2.05, 4.69) is 15.6 Å². The number of rotatable bonds is 10. The summed E-state index contributed by atoms with van der Waals surface area (Å²) in [4.78, 5) is 27.9. The Bertz CT molecular complexity index is 808. The first-order valence-electron chi connectivity index (χ1n) is 9.50. The molecular formula is C21H28N4O3. The van der Waals surface area contributed by atoms with Crippen molar-refractivity contribution in [3.8, 4) is 11.5 Å². The number of unbranched alkanes of at least 4 members (excludes halogenated alkanes) is 3. The Morgan fingerprint density at radius 2 is 1.89 bits per heavy atom. The predicted molar refractivity (Wildman–Crippen MR) is 110 cm³/mol. The van der Waals surface area contributed by atoms with E-state index in [0.717, 1.165) is 31.2 Å². The average Bonchev–Trinajstić information content (AvgIpc) is 2.70. The van der Waals surface area contributed by atoms with E-state index in [9.17, 15) is 9.59 Å². The summed E-state index contributed by atoms with van der Waals surface area (Å²) in [6, 6.07) is 8.76. The van der Waals surface area contributed by atoms with Crippen LogP contribution in [0.15, 0.2) is 36.5 Å². The molecule has 150 valence electrons. The van der Waals surface area contributed by atoms with Crippen molar-refractivity contribution in [2.45, 2.75) is 39.0 Å². The number of ether oxygens (including phenoxy) is 1. The smallest absolute Gasteiger partial charge is 0.269 e. The van der Waals surface area contributed by atoms with Gasteiger partial charge in [-0.2, -0.15) is 0 Å². The third kappa shape index (κ3) is 6.66. The highest BCUT2D eigenvalue weighted by molar-refractivity contribution is 5.92. The number of aryl methyl sites for hydroxylation is 1. The number of pyridine rings is 1. The summed E-state index contributed by atoms with van der Waals surface area (Å²) in [7, 11) is 1.55. The fourth-order valence-electron chi connectivity index (χ4n) is 2.65. The number of nitrogens with zero attached hydrogens (tertiary/aromatic N) is 1. The van der Waals surface area contributed by atoms with Gasteiger partial charge in [-0.15, -0.1) is 0 Å². The van der Waals surface area contributed by atoms with Crippen LogP contribution in [0.3, 0.4) is 0 Å². The first-order chi connectivity index (χ1) is 13.5. The van der Waals surface area contributed by atoms with Crippen LogP contribution in [-0.2, 0) is 4.79 Å². The molecule has 0 aliphatic heterocycles. The highest BCUT2D eigenvalue weighted by Crippen LogP contribution is 2.28. The molecule has 0 aliphatic carbocycles. The van der Waals surface area contributed by atoms with E-state index >= 15 is 0 Å². The summed E-state index contributed by atoms with van der Waals surface area (Å²) >= 11 is 0. The molecule has 0 atom stereocenters. The van der Waals surface area contributed by atoms with Crippen LogP contribution in [-0.4, -0.2) is 30.4 Å². The van der Waals surface area contributed by atoms with Gasteiger partial charge in [0.1, 0.15) is 17.2 Å². The minimum atomic E-state index is -0.283. The van der Waals surface area contributed by atoms with Crippen molar-refractivity contribution >= 4 is 17.5 Å². The molecule has 0 spiro atoms. The van der Waals surface area contributed by atoms with Crippen molar-refractivity contribution in [1.82, 2.24) is 10.3 Å². The van der Waals surface area contributed by atoms with Gasteiger partial charge in [0.05, 0.1) is 0 Å². The van der Waals surface area contributed by atoms with Crippen molar-refractivity contribution in [2.75, 3.05) is 18.9 Å². The zero-order chi connectivity index (χ0) is 20.4. The average molecular weight is 384 g/mol. The lowest BCUT2D eigenvalue weighted by atomic mass is 10.1. The van der Waals surface area contributed by atoms with Gasteiger partial charge in [-0.3, -0.25) is 14.6 Å². The van der Waals surface area contributed by atoms with E-state index in [4.69, 9.17) is 10.5 Å². The molecule has 0 aliphatic rings. The molecule has 0 saturated carbocycles. The van der Waals surface area contributed by atoms with Crippen LogP contribution in [0.4, 0.5) is 5.69 Å². The summed E-state index contributed by atoms with van der Waals surface area (Å²) in [6.07, 6.45) is 5.90. The monoisotopic (exact) mass is 384 g/mol. The van der Waals surface area contributed by atoms with Crippen molar-refractivity contribution in [2.24, 2.45) is 5.73 Å². The van der Waals surface area contributed by atoms with Crippen LogP contribution in [0, 0.1) is 6.92 Å². The largest absolute Gasteiger partial charge is 0.457 e. The number of carbonyl (C=O) groups excluding carboxylic acids is 2. The molecule has 1 heterocycles. The molecular weight excluding hydrogens is 356 g/mol. The van der Waals surface area contributed by atoms with Crippen LogP contribution < -0.4 is 21.1 Å². The molecule has 1 aromatic carbocycles. The zero-order valence-corrected chi connectivity index (χ0v) is 16.5. The standard InChI is InChI=1S/C21H28N4O3/c1-15-8-9-16(25-20(26)7-5-3-4-6-11-22)13-19(15)28-17-10-12-24-18(14-17)21(27)23-2/h8-10,12-14H,3-7,11,22H2,1-2H3,(H,23,27)(H,25,26). The number of nitrogens with two attached hydrogens (primary N) is 1. The van der Waals surface area contributed by atoms with Gasteiger partial charge in [0.15, 0.2) is 0 Å². The maximum atomic E-state index is 12.1. The van der Waals surface area contributed by atoms with E-state index < -0.39 is 0 Å². The fourth-order valence-corrected chi connectivity index (χ4v) is 2.65. The minimum absolute atomic E-state index is 0.0200. The van der Waals surface area contributed by atoms with E-state index in [1.807, 2.05) is 19.1 Å². The lowest BCUT2D eigenvalue weighted by Crippen LogP contribution is -2.18. The van der Waals surface area contributed by atoms with Gasteiger partial charge in [0.25, 0.3) is 5.91 Å². The SMILES string of the molecule is CNC(=O)c1cc(Oc2cc(NC(=O)CCCCCCN)ccc2C)ccn1. The molecule has 2 aromatic rings. The lowest BCUT2D eigenvalue weighted by molar-refractivity contribution is -0.116. The van der Waals surface area contributed by atoms with Crippen LogP contribution in [0.5, 0.6) is 11.5 Å². The summed E-state index contributed by atoms with van der Waals surface area (Å²) in [6.45, 7) is 2.61. The van der Waals surface area contributed by atoms with Gasteiger partial charge < -0.3 is 21.1 Å². The third-order valence-electron chi connectivity index (χ3n) is 4.25. The quantitative estimate of drug-likeness (QED) is 0.544. The van der Waals surface area contributed by atoms with Crippen molar-refractivity contribution in [1.29, 1.82) is 0 Å². The van der Waals surface area contributed by atoms with Crippen LogP contribution >= 0.6 is 0 Å². The molecule has 2 rings (SSSR count). The van der Waals surface area contributed by atoms with Crippen LogP contribution in [0.1, 0.15) is 48.2 Å². The first kappa shape index (κ1) is 21.4. The van der Waals surface area contributed by atoms with Crippen molar-refractivity contribution in [3.05, 3.63) is 47.8 Å². The molecule has 2 amide bonds. The maximum Gasteiger partial charge on any atom is 0.269 e. The predicted octanol–water partition coefficient (Wildman–Crippen LogP) is 3.39. The molecule has 0 unspecified atom stereocenters. The number of carbonyl (C=O) groups is 2. The summed E-state index contributed by atoms with van der Waals surface area (Å²) in [5.41, 5.74) is 7.33. The van der Waals surface area contributed by atoms with E-state index in [-0.39, 0.29) is 17.5 Å². The third-order valence-corrected chi connectivity index (χ3v) is 4.25. The maximum absolute atomic E-state index is 12.1. The summed E-state index contributed by atoms with van der Waals surface area (Å²) in [5, 5.41) is 5.44. The van der Waals surface area contributed by atoms with E-state index in [1.165, 1.54) is 6.20 Å². The molecule has 7 heteroatoms. The summed E-state index contributed by atoms with van der Waals surface area (Å²) < 4.78 is 5.91.